The third kappa shape index (κ3) is 3.55. The normalized spacial score (nSPS) is 16.3. The van der Waals surface area contributed by atoms with Gasteiger partial charge in [0.2, 0.25) is 10.0 Å². The fourth-order valence-corrected chi connectivity index (χ4v) is 2.78. The Kier molecular flexibility index (Phi) is 4.42. The summed E-state index contributed by atoms with van der Waals surface area (Å²) in [6, 6.07) is 5.49. The average molecular weight is 325 g/mol. The average Bonchev–Trinajstić information content (AvgIpc) is 2.41. The monoisotopic (exact) mass is 325 g/mol. The minimum absolute atomic E-state index is 0.576. The minimum Gasteiger partial charge on any atom is -0.494 e. The zero-order valence-electron chi connectivity index (χ0n) is 13.7. The fraction of sp³-hybridized carbons (Fsp3) is 0.500. The van der Waals surface area contributed by atoms with Crippen molar-refractivity contribution < 1.29 is 17.9 Å². The Morgan fingerprint density at radius 3 is 2.59 bits per heavy atom. The number of rotatable bonds is 5. The second kappa shape index (κ2) is 5.83. The summed E-state index contributed by atoms with van der Waals surface area (Å²) < 4.78 is 36.7. The van der Waals surface area contributed by atoms with E-state index in [1.54, 1.807) is 7.05 Å². The van der Waals surface area contributed by atoms with Crippen molar-refractivity contribution in [2.24, 2.45) is 0 Å². The zero-order chi connectivity index (χ0) is 16.5. The van der Waals surface area contributed by atoms with Crippen LogP contribution in [-0.4, -0.2) is 38.2 Å². The van der Waals surface area contributed by atoms with E-state index in [4.69, 9.17) is 9.47 Å². The Morgan fingerprint density at radius 1 is 1.32 bits per heavy atom. The van der Waals surface area contributed by atoms with Gasteiger partial charge < -0.3 is 9.47 Å². The summed E-state index contributed by atoms with van der Waals surface area (Å²) in [4.78, 5) is 0. The van der Waals surface area contributed by atoms with Crippen LogP contribution >= 0.6 is 0 Å². The highest BCUT2D eigenvalue weighted by atomic mass is 32.2. The van der Waals surface area contributed by atoms with Crippen LogP contribution in [0.15, 0.2) is 24.3 Å². The standard InChI is InChI=1S/C16H23NO4S/c1-6-9-20-12-7-8-15-13(10-12)14(11-16(2,3)21-15)17(4)22(5,18)19/h7-8,10-11H,6,9H2,1-5H3. The predicted octanol–water partition coefficient (Wildman–Crippen LogP) is 2.88. The van der Waals surface area contributed by atoms with Gasteiger partial charge in [-0.25, -0.2) is 8.42 Å². The highest BCUT2D eigenvalue weighted by Crippen LogP contribution is 2.39. The van der Waals surface area contributed by atoms with Gasteiger partial charge in [-0.1, -0.05) is 6.92 Å². The highest BCUT2D eigenvalue weighted by molar-refractivity contribution is 7.88. The SMILES string of the molecule is CCCOc1ccc2c(c1)C(N(C)S(C)(=O)=O)=CC(C)(C)O2. The van der Waals surface area contributed by atoms with Crippen molar-refractivity contribution in [3.8, 4) is 11.5 Å². The molecule has 1 aromatic carbocycles. The molecule has 0 spiro atoms. The number of hydrogen-bond donors (Lipinski definition) is 0. The number of nitrogens with zero attached hydrogens (tertiary/aromatic N) is 1. The van der Waals surface area contributed by atoms with Crippen LogP contribution < -0.4 is 9.47 Å². The van der Waals surface area contributed by atoms with Crippen LogP contribution in [0.2, 0.25) is 0 Å². The molecule has 1 aromatic rings. The smallest absolute Gasteiger partial charge is 0.232 e. The molecule has 22 heavy (non-hydrogen) atoms. The van der Waals surface area contributed by atoms with E-state index >= 15 is 0 Å². The molecule has 0 N–H and O–H groups in total. The lowest BCUT2D eigenvalue weighted by atomic mass is 9.99. The van der Waals surface area contributed by atoms with E-state index in [0.717, 1.165) is 12.0 Å². The third-order valence-electron chi connectivity index (χ3n) is 3.39. The van der Waals surface area contributed by atoms with E-state index in [9.17, 15) is 8.42 Å². The molecule has 1 aliphatic heterocycles. The Hall–Kier alpha value is -1.69. The Balaban J connectivity index is 2.51. The molecule has 122 valence electrons. The maximum absolute atomic E-state index is 11.9. The van der Waals surface area contributed by atoms with Gasteiger partial charge in [-0.3, -0.25) is 4.31 Å². The second-order valence-electron chi connectivity index (χ2n) is 5.97. The lowest BCUT2D eigenvalue weighted by Crippen LogP contribution is -2.34. The lowest BCUT2D eigenvalue weighted by molar-refractivity contribution is 0.156. The van der Waals surface area contributed by atoms with Crippen molar-refractivity contribution in [2.45, 2.75) is 32.8 Å². The first-order chi connectivity index (χ1) is 10.1. The van der Waals surface area contributed by atoms with E-state index in [1.165, 1.54) is 10.6 Å². The van der Waals surface area contributed by atoms with Gasteiger partial charge in [-0.15, -0.1) is 0 Å². The Labute approximate surface area is 132 Å². The second-order valence-corrected chi connectivity index (χ2v) is 7.99. The Morgan fingerprint density at radius 2 is 2.00 bits per heavy atom. The van der Waals surface area contributed by atoms with Crippen molar-refractivity contribution in [2.75, 3.05) is 19.9 Å². The van der Waals surface area contributed by atoms with E-state index in [2.05, 4.69) is 0 Å². The van der Waals surface area contributed by atoms with E-state index in [0.29, 0.717) is 23.8 Å². The first-order valence-corrected chi connectivity index (χ1v) is 9.12. The summed E-state index contributed by atoms with van der Waals surface area (Å²) in [5.74, 6) is 1.36. The van der Waals surface area contributed by atoms with Crippen LogP contribution in [0, 0.1) is 0 Å². The molecule has 0 unspecified atom stereocenters. The van der Waals surface area contributed by atoms with Crippen LogP contribution in [0.3, 0.4) is 0 Å². The van der Waals surface area contributed by atoms with Crippen LogP contribution in [-0.2, 0) is 10.0 Å². The van der Waals surface area contributed by atoms with Crippen LogP contribution in [0.1, 0.15) is 32.8 Å². The van der Waals surface area contributed by atoms with E-state index < -0.39 is 15.6 Å². The van der Waals surface area contributed by atoms with Crippen molar-refractivity contribution in [1.29, 1.82) is 0 Å². The predicted molar refractivity (Wildman–Crippen MR) is 87.5 cm³/mol. The summed E-state index contributed by atoms with van der Waals surface area (Å²) in [6.45, 7) is 6.44. The topological polar surface area (TPSA) is 55.8 Å². The molecule has 0 amide bonds. The summed E-state index contributed by atoms with van der Waals surface area (Å²) in [5.41, 5.74) is 0.754. The maximum Gasteiger partial charge on any atom is 0.232 e. The molecule has 0 saturated heterocycles. The largest absolute Gasteiger partial charge is 0.494 e. The van der Waals surface area contributed by atoms with Crippen LogP contribution in [0.25, 0.3) is 5.70 Å². The molecule has 1 aliphatic rings. The number of hydrogen-bond acceptors (Lipinski definition) is 4. The molecule has 5 nitrogen and oxygen atoms in total. The minimum atomic E-state index is -3.36. The van der Waals surface area contributed by atoms with Gasteiger partial charge in [-0.2, -0.15) is 0 Å². The molecular formula is C16H23NO4S. The lowest BCUT2D eigenvalue weighted by Gasteiger charge is -2.34. The van der Waals surface area contributed by atoms with E-state index in [1.807, 2.05) is 45.0 Å². The van der Waals surface area contributed by atoms with Gasteiger partial charge in [0.05, 0.1) is 18.6 Å². The molecule has 0 aromatic heterocycles. The molecule has 6 heteroatoms. The van der Waals surface area contributed by atoms with Gasteiger partial charge in [0.1, 0.15) is 17.1 Å². The number of sulfonamides is 1. The summed E-state index contributed by atoms with van der Waals surface area (Å²) in [7, 11) is -1.81. The molecule has 1 heterocycles. The van der Waals surface area contributed by atoms with Gasteiger partial charge in [-0.05, 0) is 44.5 Å². The molecule has 0 radical (unpaired) electrons. The third-order valence-corrected chi connectivity index (χ3v) is 4.59. The number of fused-ring (bicyclic) bond motifs is 1. The highest BCUT2D eigenvalue weighted by Gasteiger charge is 2.31. The molecule has 0 fully saturated rings. The van der Waals surface area contributed by atoms with Crippen LogP contribution in [0.5, 0.6) is 11.5 Å². The van der Waals surface area contributed by atoms with E-state index in [-0.39, 0.29) is 0 Å². The van der Waals surface area contributed by atoms with Gasteiger partial charge in [0.15, 0.2) is 0 Å². The van der Waals surface area contributed by atoms with Crippen molar-refractivity contribution >= 4 is 15.7 Å². The van der Waals surface area contributed by atoms with Crippen molar-refractivity contribution in [3.63, 3.8) is 0 Å². The quantitative estimate of drug-likeness (QED) is 0.835. The number of benzene rings is 1. The Bertz CT molecular complexity index is 692. The number of ether oxygens (including phenoxy) is 2. The molecule has 0 aliphatic carbocycles. The van der Waals surface area contributed by atoms with Crippen molar-refractivity contribution in [3.05, 3.63) is 29.8 Å². The first kappa shape index (κ1) is 16.7. The summed E-state index contributed by atoms with van der Waals surface area (Å²) >= 11 is 0. The van der Waals surface area contributed by atoms with Crippen LogP contribution in [0.4, 0.5) is 0 Å². The maximum atomic E-state index is 11.9. The van der Waals surface area contributed by atoms with Gasteiger partial charge in [0, 0.05) is 12.6 Å². The fourth-order valence-electron chi connectivity index (χ4n) is 2.27. The summed E-state index contributed by atoms with van der Waals surface area (Å²) in [6.07, 6.45) is 3.92. The molecular weight excluding hydrogens is 302 g/mol. The molecule has 0 atom stereocenters. The van der Waals surface area contributed by atoms with Crippen molar-refractivity contribution in [1.82, 2.24) is 4.31 Å². The first-order valence-electron chi connectivity index (χ1n) is 7.27. The summed E-state index contributed by atoms with van der Waals surface area (Å²) in [5, 5.41) is 0. The van der Waals surface area contributed by atoms with Gasteiger partial charge >= 0.3 is 0 Å². The van der Waals surface area contributed by atoms with Gasteiger partial charge in [0.25, 0.3) is 0 Å². The zero-order valence-corrected chi connectivity index (χ0v) is 14.5. The molecule has 0 bridgehead atoms. The molecule has 2 rings (SSSR count). The molecule has 0 saturated carbocycles.